The van der Waals surface area contributed by atoms with Crippen LogP contribution in [0.5, 0.6) is 0 Å². The predicted molar refractivity (Wildman–Crippen MR) is 93.1 cm³/mol. The van der Waals surface area contributed by atoms with E-state index in [2.05, 4.69) is 30.6 Å². The van der Waals surface area contributed by atoms with Crippen LogP contribution in [-0.4, -0.2) is 43.0 Å². The zero-order valence-electron chi connectivity index (χ0n) is 14.2. The van der Waals surface area contributed by atoms with Gasteiger partial charge in [-0.25, -0.2) is 9.67 Å². The number of carbonyl (C=O) groups excluding carboxylic acids is 2. The second-order valence-corrected chi connectivity index (χ2v) is 5.43. The second kappa shape index (κ2) is 7.47. The molecule has 10 heteroatoms. The summed E-state index contributed by atoms with van der Waals surface area (Å²) in [5.41, 5.74) is 2.06. The fourth-order valence-corrected chi connectivity index (χ4v) is 2.16. The molecule has 10 nitrogen and oxygen atoms in total. The maximum atomic E-state index is 11.7. The molecule has 3 aromatic rings. The molecule has 3 rings (SSSR count). The van der Waals surface area contributed by atoms with E-state index in [0.717, 1.165) is 11.4 Å². The number of hydrogen-bond donors (Lipinski definition) is 2. The summed E-state index contributed by atoms with van der Waals surface area (Å²) in [6.07, 6.45) is 8.32. The lowest BCUT2D eigenvalue weighted by atomic mass is 10.4. The van der Waals surface area contributed by atoms with E-state index < -0.39 is 11.9 Å². The average molecular weight is 355 g/mol. The number of aromatic nitrogens is 5. The van der Waals surface area contributed by atoms with Crippen LogP contribution in [0.3, 0.4) is 0 Å². The first kappa shape index (κ1) is 17.1. The molecule has 0 fully saturated rings. The molecular weight excluding hydrogens is 338 g/mol. The van der Waals surface area contributed by atoms with Crippen molar-refractivity contribution in [2.45, 2.75) is 6.92 Å². The van der Waals surface area contributed by atoms with Gasteiger partial charge < -0.3 is 15.4 Å². The summed E-state index contributed by atoms with van der Waals surface area (Å²) >= 11 is 0. The predicted octanol–water partition coefficient (Wildman–Crippen LogP) is 1.25. The van der Waals surface area contributed by atoms with Gasteiger partial charge in [-0.05, 0) is 6.07 Å². The standard InChI is InChI=1S/C16H17N7O3/c1-11(24)26-10-16(25)21-13-7-19-23(9-13)14-3-4-17-15(5-14)20-12-6-18-22(2)8-12/h3-9H,10H2,1-2H3,(H,17,20)(H,21,25). The molecule has 0 bridgehead atoms. The Kier molecular flexibility index (Phi) is 4.92. The van der Waals surface area contributed by atoms with Crippen LogP contribution >= 0.6 is 0 Å². The molecule has 0 saturated carbocycles. The summed E-state index contributed by atoms with van der Waals surface area (Å²) in [5, 5.41) is 14.0. The zero-order chi connectivity index (χ0) is 18.5. The highest BCUT2D eigenvalue weighted by Crippen LogP contribution is 2.17. The summed E-state index contributed by atoms with van der Waals surface area (Å²) < 4.78 is 7.92. The van der Waals surface area contributed by atoms with Crippen molar-refractivity contribution in [2.24, 2.45) is 7.05 Å². The van der Waals surface area contributed by atoms with Gasteiger partial charge in [0.05, 0.1) is 35.7 Å². The lowest BCUT2D eigenvalue weighted by Crippen LogP contribution is -2.19. The number of nitrogens with one attached hydrogen (secondary N) is 2. The number of aryl methyl sites for hydroxylation is 1. The van der Waals surface area contributed by atoms with Gasteiger partial charge in [-0.1, -0.05) is 0 Å². The number of hydrogen-bond acceptors (Lipinski definition) is 7. The Morgan fingerprint density at radius 2 is 2.00 bits per heavy atom. The Labute approximate surface area is 148 Å². The number of ether oxygens (including phenoxy) is 1. The van der Waals surface area contributed by atoms with Crippen molar-refractivity contribution in [1.29, 1.82) is 0 Å². The quantitative estimate of drug-likeness (QED) is 0.639. The normalized spacial score (nSPS) is 10.4. The molecule has 0 radical (unpaired) electrons. The number of rotatable bonds is 6. The molecule has 2 N–H and O–H groups in total. The molecule has 0 saturated heterocycles. The van der Waals surface area contributed by atoms with Crippen molar-refractivity contribution in [1.82, 2.24) is 24.5 Å². The van der Waals surface area contributed by atoms with Crippen molar-refractivity contribution in [3.05, 3.63) is 43.1 Å². The minimum absolute atomic E-state index is 0.338. The summed E-state index contributed by atoms with van der Waals surface area (Å²) in [6.45, 7) is 0.904. The van der Waals surface area contributed by atoms with E-state index >= 15 is 0 Å². The molecule has 0 aliphatic heterocycles. The number of amides is 1. The summed E-state index contributed by atoms with van der Waals surface area (Å²) in [4.78, 5) is 26.6. The molecule has 1 amide bonds. The van der Waals surface area contributed by atoms with Crippen LogP contribution in [0.15, 0.2) is 43.1 Å². The van der Waals surface area contributed by atoms with Crippen molar-refractivity contribution in [2.75, 3.05) is 17.2 Å². The molecule has 0 unspecified atom stereocenters. The highest BCUT2D eigenvalue weighted by atomic mass is 16.5. The van der Waals surface area contributed by atoms with E-state index in [1.54, 1.807) is 34.0 Å². The second-order valence-electron chi connectivity index (χ2n) is 5.43. The lowest BCUT2D eigenvalue weighted by molar-refractivity contribution is -0.144. The Hall–Kier alpha value is -3.69. The average Bonchev–Trinajstić information content (AvgIpc) is 3.22. The molecule has 3 aromatic heterocycles. The minimum atomic E-state index is -0.513. The molecular formula is C16H17N7O3. The van der Waals surface area contributed by atoms with Crippen molar-refractivity contribution >= 4 is 29.1 Å². The number of pyridine rings is 1. The maximum Gasteiger partial charge on any atom is 0.303 e. The van der Waals surface area contributed by atoms with Crippen LogP contribution < -0.4 is 10.6 Å². The van der Waals surface area contributed by atoms with Gasteiger partial charge in [-0.3, -0.25) is 14.3 Å². The van der Waals surface area contributed by atoms with E-state index in [9.17, 15) is 9.59 Å². The van der Waals surface area contributed by atoms with Gasteiger partial charge in [0.25, 0.3) is 5.91 Å². The van der Waals surface area contributed by atoms with E-state index in [-0.39, 0.29) is 6.61 Å². The number of carbonyl (C=O) groups is 2. The summed E-state index contributed by atoms with van der Waals surface area (Å²) in [7, 11) is 1.83. The highest BCUT2D eigenvalue weighted by Gasteiger charge is 2.08. The van der Waals surface area contributed by atoms with E-state index in [1.807, 2.05) is 19.3 Å². The van der Waals surface area contributed by atoms with E-state index in [0.29, 0.717) is 11.5 Å². The van der Waals surface area contributed by atoms with Gasteiger partial charge in [0.2, 0.25) is 0 Å². The molecule has 0 aliphatic carbocycles. The van der Waals surface area contributed by atoms with Gasteiger partial charge in [0.15, 0.2) is 6.61 Å². The SMILES string of the molecule is CC(=O)OCC(=O)Nc1cnn(-c2ccnc(Nc3cnn(C)c3)c2)c1. The van der Waals surface area contributed by atoms with Crippen molar-refractivity contribution < 1.29 is 14.3 Å². The summed E-state index contributed by atoms with van der Waals surface area (Å²) in [6, 6.07) is 3.59. The third kappa shape index (κ3) is 4.44. The third-order valence-corrected chi connectivity index (χ3v) is 3.26. The van der Waals surface area contributed by atoms with Gasteiger partial charge in [0.1, 0.15) is 5.82 Å². The van der Waals surface area contributed by atoms with E-state index in [1.165, 1.54) is 13.1 Å². The molecule has 0 atom stereocenters. The molecule has 0 spiro atoms. The van der Waals surface area contributed by atoms with Crippen LogP contribution in [0.4, 0.5) is 17.2 Å². The zero-order valence-corrected chi connectivity index (χ0v) is 14.2. The lowest BCUT2D eigenvalue weighted by Gasteiger charge is -2.06. The van der Waals surface area contributed by atoms with Gasteiger partial charge in [-0.2, -0.15) is 10.2 Å². The van der Waals surface area contributed by atoms with Crippen molar-refractivity contribution in [3.63, 3.8) is 0 Å². The molecule has 26 heavy (non-hydrogen) atoms. The topological polar surface area (TPSA) is 116 Å². The van der Waals surface area contributed by atoms with Crippen molar-refractivity contribution in [3.8, 4) is 5.69 Å². The molecule has 0 aliphatic rings. The molecule has 3 heterocycles. The van der Waals surface area contributed by atoms with E-state index in [4.69, 9.17) is 0 Å². The van der Waals surface area contributed by atoms with Gasteiger partial charge >= 0.3 is 5.97 Å². The first-order valence-corrected chi connectivity index (χ1v) is 7.69. The fraction of sp³-hybridized carbons (Fsp3) is 0.188. The Balaban J connectivity index is 1.68. The number of nitrogens with zero attached hydrogens (tertiary/aromatic N) is 5. The first-order valence-electron chi connectivity index (χ1n) is 7.69. The molecule has 0 aromatic carbocycles. The highest BCUT2D eigenvalue weighted by molar-refractivity contribution is 5.92. The fourth-order valence-electron chi connectivity index (χ4n) is 2.16. The smallest absolute Gasteiger partial charge is 0.303 e. The van der Waals surface area contributed by atoms with Gasteiger partial charge in [-0.15, -0.1) is 0 Å². The monoisotopic (exact) mass is 355 g/mol. The van der Waals surface area contributed by atoms with Gasteiger partial charge in [0, 0.05) is 32.4 Å². The number of anilines is 3. The van der Waals surface area contributed by atoms with Crippen LogP contribution in [-0.2, 0) is 21.4 Å². The first-order chi connectivity index (χ1) is 12.5. The Morgan fingerprint density at radius 3 is 2.73 bits per heavy atom. The van der Waals surface area contributed by atoms with Crippen LogP contribution in [0.2, 0.25) is 0 Å². The van der Waals surface area contributed by atoms with Crippen LogP contribution in [0.1, 0.15) is 6.92 Å². The third-order valence-electron chi connectivity index (χ3n) is 3.26. The number of esters is 1. The largest absolute Gasteiger partial charge is 0.456 e. The van der Waals surface area contributed by atoms with Crippen LogP contribution in [0, 0.1) is 0 Å². The Morgan fingerprint density at radius 1 is 1.19 bits per heavy atom. The molecule has 134 valence electrons. The maximum absolute atomic E-state index is 11.7. The minimum Gasteiger partial charge on any atom is -0.456 e. The summed E-state index contributed by atoms with van der Waals surface area (Å²) in [5.74, 6) is -0.318. The van der Waals surface area contributed by atoms with Crippen LogP contribution in [0.25, 0.3) is 5.69 Å². The Bertz CT molecular complexity index is 931.